The minimum Gasteiger partial charge on any atom is -0.481 e. The quantitative estimate of drug-likeness (QED) is 0.537. The molecule has 8 heteroatoms. The summed E-state index contributed by atoms with van der Waals surface area (Å²) < 4.78 is 10.7. The number of amides is 2. The molecule has 5 rings (SSSR count). The Hall–Kier alpha value is -3.39. The van der Waals surface area contributed by atoms with Crippen LogP contribution in [0, 0.1) is 17.8 Å². The summed E-state index contributed by atoms with van der Waals surface area (Å²) in [4.78, 5) is 37.5. The number of hydrogen-bond acceptors (Lipinski definition) is 5. The van der Waals surface area contributed by atoms with Gasteiger partial charge in [0.05, 0.1) is 12.5 Å². The van der Waals surface area contributed by atoms with Crippen LogP contribution in [0.15, 0.2) is 48.5 Å². The smallest absolute Gasteiger partial charge is 0.407 e. The lowest BCUT2D eigenvalue weighted by molar-refractivity contribution is -0.144. The highest BCUT2D eigenvalue weighted by atomic mass is 16.5. The molecule has 2 saturated carbocycles. The second-order valence-electron chi connectivity index (χ2n) is 9.71. The Balaban J connectivity index is 1.22. The number of carbonyl (C=O) groups excluding carboxylic acids is 2. The molecule has 2 aromatic carbocycles. The van der Waals surface area contributed by atoms with Crippen LogP contribution in [-0.2, 0) is 19.1 Å². The lowest BCUT2D eigenvalue weighted by atomic mass is 9.84. The molecule has 0 spiro atoms. The molecular weight excluding hydrogens is 448 g/mol. The highest BCUT2D eigenvalue weighted by Crippen LogP contribution is 2.48. The molecule has 0 aliphatic heterocycles. The van der Waals surface area contributed by atoms with Gasteiger partial charge in [0.1, 0.15) is 12.6 Å². The summed E-state index contributed by atoms with van der Waals surface area (Å²) in [6, 6.07) is 14.7. The second-order valence-corrected chi connectivity index (χ2v) is 9.71. The second kappa shape index (κ2) is 9.70. The number of alkyl carbamates (subject to hydrolysis) is 1. The maximum absolute atomic E-state index is 13.0. The first-order valence-electron chi connectivity index (χ1n) is 12.1. The molecule has 3 aliphatic carbocycles. The predicted octanol–water partition coefficient (Wildman–Crippen LogP) is 3.16. The zero-order valence-electron chi connectivity index (χ0n) is 19.6. The fourth-order valence-corrected chi connectivity index (χ4v) is 6.25. The molecule has 3 N–H and O–H groups in total. The van der Waals surface area contributed by atoms with Crippen molar-refractivity contribution < 1.29 is 29.0 Å². The van der Waals surface area contributed by atoms with E-state index >= 15 is 0 Å². The Kier molecular flexibility index (Phi) is 6.47. The lowest BCUT2D eigenvalue weighted by Crippen LogP contribution is -2.55. The SMILES string of the molecule is COC[C@H](NC(=O)OCC1c2ccccc2-c2ccccc21)C(=O)NC1C2CCC(C2)C1C(=O)O. The summed E-state index contributed by atoms with van der Waals surface area (Å²) in [6.07, 6.45) is 1.89. The van der Waals surface area contributed by atoms with Crippen LogP contribution in [0.3, 0.4) is 0 Å². The minimum absolute atomic E-state index is 0.0470. The zero-order chi connectivity index (χ0) is 24.5. The predicted molar refractivity (Wildman–Crippen MR) is 128 cm³/mol. The first kappa shape index (κ1) is 23.4. The molecule has 184 valence electrons. The van der Waals surface area contributed by atoms with Crippen LogP contribution in [0.1, 0.15) is 36.3 Å². The number of fused-ring (bicyclic) bond motifs is 5. The van der Waals surface area contributed by atoms with Crippen LogP contribution < -0.4 is 10.6 Å². The Morgan fingerprint density at radius 2 is 1.63 bits per heavy atom. The largest absolute Gasteiger partial charge is 0.481 e. The Labute approximate surface area is 204 Å². The summed E-state index contributed by atoms with van der Waals surface area (Å²) in [7, 11) is 1.44. The summed E-state index contributed by atoms with van der Waals surface area (Å²) in [6.45, 7) is 0.0865. The maximum Gasteiger partial charge on any atom is 0.407 e. The Morgan fingerprint density at radius 1 is 1.00 bits per heavy atom. The molecule has 0 aromatic heterocycles. The van der Waals surface area contributed by atoms with E-state index in [1.165, 1.54) is 7.11 Å². The van der Waals surface area contributed by atoms with Crippen molar-refractivity contribution in [1.29, 1.82) is 0 Å². The van der Waals surface area contributed by atoms with Crippen molar-refractivity contribution in [2.45, 2.75) is 37.3 Å². The van der Waals surface area contributed by atoms with Gasteiger partial charge in [-0.3, -0.25) is 9.59 Å². The van der Waals surface area contributed by atoms with Crippen molar-refractivity contribution in [3.05, 3.63) is 59.7 Å². The highest BCUT2D eigenvalue weighted by Gasteiger charge is 2.52. The number of methoxy groups -OCH3 is 1. The monoisotopic (exact) mass is 478 g/mol. The fraction of sp³-hybridized carbons (Fsp3) is 0.444. The molecular formula is C27H30N2O6. The first-order chi connectivity index (χ1) is 17.0. The van der Waals surface area contributed by atoms with Crippen molar-refractivity contribution in [2.75, 3.05) is 20.3 Å². The number of carbonyl (C=O) groups is 3. The molecule has 8 nitrogen and oxygen atoms in total. The average molecular weight is 479 g/mol. The number of carboxylic acids is 1. The fourth-order valence-electron chi connectivity index (χ4n) is 6.25. The molecule has 35 heavy (non-hydrogen) atoms. The molecule has 2 amide bonds. The Morgan fingerprint density at radius 3 is 2.26 bits per heavy atom. The van der Waals surface area contributed by atoms with Crippen LogP contribution >= 0.6 is 0 Å². The maximum atomic E-state index is 13.0. The third-order valence-electron chi connectivity index (χ3n) is 7.80. The van der Waals surface area contributed by atoms with Crippen LogP contribution in [0.5, 0.6) is 0 Å². The van der Waals surface area contributed by atoms with E-state index in [0.29, 0.717) is 0 Å². The molecule has 0 radical (unpaired) electrons. The number of hydrogen-bond donors (Lipinski definition) is 3. The van der Waals surface area contributed by atoms with Crippen molar-refractivity contribution in [2.24, 2.45) is 17.8 Å². The molecule has 0 saturated heterocycles. The number of benzene rings is 2. The molecule has 2 fully saturated rings. The van der Waals surface area contributed by atoms with E-state index in [9.17, 15) is 19.5 Å². The van der Waals surface area contributed by atoms with Crippen molar-refractivity contribution in [1.82, 2.24) is 10.6 Å². The topological polar surface area (TPSA) is 114 Å². The summed E-state index contributed by atoms with van der Waals surface area (Å²) in [5, 5.41) is 15.1. The summed E-state index contributed by atoms with van der Waals surface area (Å²) in [5.41, 5.74) is 4.47. The average Bonchev–Trinajstić information content (AvgIpc) is 3.54. The first-order valence-corrected chi connectivity index (χ1v) is 12.1. The lowest BCUT2D eigenvalue weighted by Gasteiger charge is -2.30. The van der Waals surface area contributed by atoms with Gasteiger partial charge in [0.2, 0.25) is 5.91 Å². The van der Waals surface area contributed by atoms with Gasteiger partial charge in [-0.05, 0) is 53.4 Å². The van der Waals surface area contributed by atoms with E-state index in [1.54, 1.807) is 0 Å². The van der Waals surface area contributed by atoms with Gasteiger partial charge in [0.15, 0.2) is 0 Å². The summed E-state index contributed by atoms with van der Waals surface area (Å²) in [5.74, 6) is -1.76. The van der Waals surface area contributed by atoms with Crippen molar-refractivity contribution >= 4 is 18.0 Å². The minimum atomic E-state index is -0.982. The third-order valence-corrected chi connectivity index (χ3v) is 7.80. The number of aliphatic carboxylic acids is 1. The molecule has 5 atom stereocenters. The van der Waals surface area contributed by atoms with Gasteiger partial charge in [-0.25, -0.2) is 4.79 Å². The van der Waals surface area contributed by atoms with Gasteiger partial charge in [-0.2, -0.15) is 0 Å². The number of nitrogens with one attached hydrogen (secondary N) is 2. The molecule has 4 unspecified atom stereocenters. The molecule has 2 bridgehead atoms. The standard InChI is InChI=1S/C27H30N2O6/c1-34-14-22(25(30)29-24-16-11-10-15(12-16)23(24)26(31)32)28-27(33)35-13-21-19-8-4-2-6-17(19)18-7-3-5-9-20(18)21/h2-9,15-16,21-24H,10-14H2,1H3,(H,28,33)(H,29,30)(H,31,32)/t15?,16?,22-,23?,24?/m0/s1. The van der Waals surface area contributed by atoms with Gasteiger partial charge in [-0.15, -0.1) is 0 Å². The van der Waals surface area contributed by atoms with Gasteiger partial charge >= 0.3 is 12.1 Å². The van der Waals surface area contributed by atoms with Crippen molar-refractivity contribution in [3.8, 4) is 11.1 Å². The van der Waals surface area contributed by atoms with E-state index in [4.69, 9.17) is 9.47 Å². The van der Waals surface area contributed by atoms with Gasteiger partial charge in [0.25, 0.3) is 0 Å². The number of rotatable bonds is 8. The normalized spacial score (nSPS) is 24.9. The summed E-state index contributed by atoms with van der Waals surface area (Å²) >= 11 is 0. The number of carboxylic acid groups (broad SMARTS) is 1. The van der Waals surface area contributed by atoms with E-state index in [2.05, 4.69) is 22.8 Å². The molecule has 0 heterocycles. The van der Waals surface area contributed by atoms with E-state index in [1.807, 2.05) is 36.4 Å². The van der Waals surface area contributed by atoms with Crippen LogP contribution in [-0.4, -0.2) is 55.5 Å². The molecule has 2 aromatic rings. The van der Waals surface area contributed by atoms with Crippen LogP contribution in [0.4, 0.5) is 4.79 Å². The Bertz CT molecular complexity index is 1090. The van der Waals surface area contributed by atoms with Gasteiger partial charge in [0, 0.05) is 19.1 Å². The van der Waals surface area contributed by atoms with E-state index in [-0.39, 0.29) is 31.0 Å². The third kappa shape index (κ3) is 4.38. The van der Waals surface area contributed by atoms with Crippen LogP contribution in [0.2, 0.25) is 0 Å². The number of ether oxygens (including phenoxy) is 2. The molecule has 3 aliphatic rings. The van der Waals surface area contributed by atoms with E-state index < -0.39 is 36.0 Å². The van der Waals surface area contributed by atoms with Crippen molar-refractivity contribution in [3.63, 3.8) is 0 Å². The zero-order valence-corrected chi connectivity index (χ0v) is 19.6. The van der Waals surface area contributed by atoms with E-state index in [0.717, 1.165) is 41.5 Å². The van der Waals surface area contributed by atoms with Gasteiger partial charge < -0.3 is 25.2 Å². The highest BCUT2D eigenvalue weighted by molar-refractivity contribution is 5.87. The van der Waals surface area contributed by atoms with Gasteiger partial charge in [-0.1, -0.05) is 48.5 Å². The van der Waals surface area contributed by atoms with Crippen LogP contribution in [0.25, 0.3) is 11.1 Å².